The van der Waals surface area contributed by atoms with E-state index in [2.05, 4.69) is 43.1 Å². The third-order valence-corrected chi connectivity index (χ3v) is 3.01. The van der Waals surface area contributed by atoms with Crippen LogP contribution in [0.25, 0.3) is 12.2 Å². The van der Waals surface area contributed by atoms with Gasteiger partial charge in [-0.25, -0.2) is 0 Å². The largest absolute Gasteiger partial charge is 0.496 e. The van der Waals surface area contributed by atoms with E-state index in [0.29, 0.717) is 5.92 Å². The summed E-state index contributed by atoms with van der Waals surface area (Å²) in [6, 6.07) is 12.2. The van der Waals surface area contributed by atoms with E-state index in [1.165, 1.54) is 5.56 Å². The van der Waals surface area contributed by atoms with Crippen LogP contribution >= 0.6 is 0 Å². The standard InChI is InChI=1S/C17H19NO/c1-13(2)16-10-8-14(12-17(16)19-3)7-9-15-6-4-5-11-18-15/h4-13H,1-3H3/b9-7+. The van der Waals surface area contributed by atoms with E-state index in [9.17, 15) is 0 Å². The molecule has 2 nitrogen and oxygen atoms in total. The maximum atomic E-state index is 5.45. The minimum absolute atomic E-state index is 0.462. The molecule has 0 saturated carbocycles. The molecule has 1 heterocycles. The quantitative estimate of drug-likeness (QED) is 0.806. The first-order valence-electron chi connectivity index (χ1n) is 6.47. The van der Waals surface area contributed by atoms with Gasteiger partial charge in [-0.3, -0.25) is 4.98 Å². The summed E-state index contributed by atoms with van der Waals surface area (Å²) in [6.45, 7) is 4.34. The Morgan fingerprint density at radius 1 is 1.11 bits per heavy atom. The molecule has 0 radical (unpaired) electrons. The van der Waals surface area contributed by atoms with Crippen LogP contribution in [0.3, 0.4) is 0 Å². The normalized spacial score (nSPS) is 11.2. The Bertz CT molecular complexity index is 559. The molecule has 0 saturated heterocycles. The molecule has 2 heteroatoms. The molecule has 0 N–H and O–H groups in total. The second-order valence-corrected chi connectivity index (χ2v) is 4.74. The highest BCUT2D eigenvalue weighted by Crippen LogP contribution is 2.27. The minimum Gasteiger partial charge on any atom is -0.496 e. The summed E-state index contributed by atoms with van der Waals surface area (Å²) in [4.78, 5) is 4.26. The first-order chi connectivity index (χ1) is 9.20. The van der Waals surface area contributed by atoms with Crippen LogP contribution in [-0.2, 0) is 0 Å². The Hall–Kier alpha value is -2.09. The summed E-state index contributed by atoms with van der Waals surface area (Å²) in [6.07, 6.45) is 5.85. The van der Waals surface area contributed by atoms with E-state index < -0.39 is 0 Å². The van der Waals surface area contributed by atoms with Gasteiger partial charge in [0.15, 0.2) is 0 Å². The maximum absolute atomic E-state index is 5.45. The monoisotopic (exact) mass is 253 g/mol. The lowest BCUT2D eigenvalue weighted by Gasteiger charge is -2.12. The first kappa shape index (κ1) is 13.3. The molecule has 2 aromatic rings. The van der Waals surface area contributed by atoms with Crippen molar-refractivity contribution < 1.29 is 4.74 Å². The first-order valence-corrected chi connectivity index (χ1v) is 6.47. The average Bonchev–Trinajstić information content (AvgIpc) is 2.45. The molecule has 0 spiro atoms. The van der Waals surface area contributed by atoms with Crippen LogP contribution in [0.5, 0.6) is 5.75 Å². The Morgan fingerprint density at radius 2 is 1.95 bits per heavy atom. The van der Waals surface area contributed by atoms with E-state index in [0.717, 1.165) is 17.0 Å². The van der Waals surface area contributed by atoms with Crippen LogP contribution in [0.15, 0.2) is 42.6 Å². The van der Waals surface area contributed by atoms with E-state index in [4.69, 9.17) is 4.74 Å². The van der Waals surface area contributed by atoms with Crippen molar-refractivity contribution in [3.8, 4) is 5.75 Å². The lowest BCUT2D eigenvalue weighted by atomic mass is 10.00. The van der Waals surface area contributed by atoms with Crippen molar-refractivity contribution in [2.45, 2.75) is 19.8 Å². The summed E-state index contributed by atoms with van der Waals surface area (Å²) < 4.78 is 5.45. The number of aromatic nitrogens is 1. The molecular weight excluding hydrogens is 234 g/mol. The number of hydrogen-bond acceptors (Lipinski definition) is 2. The van der Waals surface area contributed by atoms with Gasteiger partial charge in [0.2, 0.25) is 0 Å². The number of rotatable bonds is 4. The minimum atomic E-state index is 0.462. The van der Waals surface area contributed by atoms with Gasteiger partial charge in [-0.2, -0.15) is 0 Å². The molecule has 1 aromatic carbocycles. The maximum Gasteiger partial charge on any atom is 0.122 e. The molecule has 0 atom stereocenters. The lowest BCUT2D eigenvalue weighted by Crippen LogP contribution is -1.94. The molecule has 0 aliphatic heterocycles. The smallest absolute Gasteiger partial charge is 0.122 e. The third kappa shape index (κ3) is 3.44. The van der Waals surface area contributed by atoms with E-state index >= 15 is 0 Å². The number of nitrogens with zero attached hydrogens (tertiary/aromatic N) is 1. The Balaban J connectivity index is 2.25. The molecule has 1 aromatic heterocycles. The van der Waals surface area contributed by atoms with Crippen molar-refractivity contribution in [1.29, 1.82) is 0 Å². The number of pyridine rings is 1. The molecule has 0 fully saturated rings. The van der Waals surface area contributed by atoms with E-state index in [1.807, 2.05) is 24.3 Å². The van der Waals surface area contributed by atoms with Crippen molar-refractivity contribution in [1.82, 2.24) is 4.98 Å². The average molecular weight is 253 g/mol. The molecule has 0 unspecified atom stereocenters. The summed E-state index contributed by atoms with van der Waals surface area (Å²) in [5.41, 5.74) is 3.30. The zero-order chi connectivity index (χ0) is 13.7. The Labute approximate surface area is 114 Å². The van der Waals surface area contributed by atoms with Crippen molar-refractivity contribution in [3.05, 3.63) is 59.4 Å². The lowest BCUT2D eigenvalue weighted by molar-refractivity contribution is 0.407. The van der Waals surface area contributed by atoms with Crippen LogP contribution in [0, 0.1) is 0 Å². The second-order valence-electron chi connectivity index (χ2n) is 4.74. The highest BCUT2D eigenvalue weighted by Gasteiger charge is 2.06. The van der Waals surface area contributed by atoms with Gasteiger partial charge in [-0.1, -0.05) is 38.1 Å². The van der Waals surface area contributed by atoms with Gasteiger partial charge < -0.3 is 4.74 Å². The molecule has 98 valence electrons. The van der Waals surface area contributed by atoms with Crippen LogP contribution in [-0.4, -0.2) is 12.1 Å². The molecule has 0 aliphatic rings. The number of ether oxygens (including phenoxy) is 1. The highest BCUT2D eigenvalue weighted by molar-refractivity contribution is 5.69. The van der Waals surface area contributed by atoms with Crippen molar-refractivity contribution in [2.75, 3.05) is 7.11 Å². The summed E-state index contributed by atoms with van der Waals surface area (Å²) in [5, 5.41) is 0. The number of hydrogen-bond donors (Lipinski definition) is 0. The SMILES string of the molecule is COc1cc(/C=C/c2ccccn2)ccc1C(C)C. The Kier molecular flexibility index (Phi) is 4.35. The summed E-state index contributed by atoms with van der Waals surface area (Å²) >= 11 is 0. The van der Waals surface area contributed by atoms with Crippen molar-refractivity contribution in [3.63, 3.8) is 0 Å². The Morgan fingerprint density at radius 3 is 2.58 bits per heavy atom. The van der Waals surface area contributed by atoms with Gasteiger partial charge in [-0.05, 0) is 41.3 Å². The number of benzene rings is 1. The second kappa shape index (κ2) is 6.19. The topological polar surface area (TPSA) is 22.1 Å². The molecular formula is C17H19NO. The van der Waals surface area contributed by atoms with Gasteiger partial charge in [-0.15, -0.1) is 0 Å². The molecule has 0 bridgehead atoms. The fourth-order valence-corrected chi connectivity index (χ4v) is 1.96. The third-order valence-electron chi connectivity index (χ3n) is 3.01. The molecule has 0 aliphatic carbocycles. The van der Waals surface area contributed by atoms with Crippen molar-refractivity contribution >= 4 is 12.2 Å². The number of methoxy groups -OCH3 is 1. The predicted octanol–water partition coefficient (Wildman–Crippen LogP) is 4.38. The highest BCUT2D eigenvalue weighted by atomic mass is 16.5. The van der Waals surface area contributed by atoms with Gasteiger partial charge >= 0.3 is 0 Å². The van der Waals surface area contributed by atoms with Crippen LogP contribution < -0.4 is 4.74 Å². The predicted molar refractivity (Wildman–Crippen MR) is 80.2 cm³/mol. The fourth-order valence-electron chi connectivity index (χ4n) is 1.96. The zero-order valence-electron chi connectivity index (χ0n) is 11.6. The van der Waals surface area contributed by atoms with E-state index in [1.54, 1.807) is 13.3 Å². The molecule has 2 rings (SSSR count). The zero-order valence-corrected chi connectivity index (χ0v) is 11.6. The molecule has 19 heavy (non-hydrogen) atoms. The molecule has 0 amide bonds. The van der Waals surface area contributed by atoms with Gasteiger partial charge in [0, 0.05) is 6.20 Å². The van der Waals surface area contributed by atoms with Gasteiger partial charge in [0.25, 0.3) is 0 Å². The van der Waals surface area contributed by atoms with E-state index in [-0.39, 0.29) is 0 Å². The van der Waals surface area contributed by atoms with Crippen molar-refractivity contribution in [2.24, 2.45) is 0 Å². The fraction of sp³-hybridized carbons (Fsp3) is 0.235. The van der Waals surface area contributed by atoms with Crippen LogP contribution in [0.2, 0.25) is 0 Å². The van der Waals surface area contributed by atoms with Gasteiger partial charge in [0.1, 0.15) is 5.75 Å². The summed E-state index contributed by atoms with van der Waals surface area (Å²) in [7, 11) is 1.72. The summed E-state index contributed by atoms with van der Waals surface area (Å²) in [5.74, 6) is 1.40. The van der Waals surface area contributed by atoms with Crippen LogP contribution in [0.4, 0.5) is 0 Å². The van der Waals surface area contributed by atoms with Gasteiger partial charge in [0.05, 0.1) is 12.8 Å². The van der Waals surface area contributed by atoms with Crippen LogP contribution in [0.1, 0.15) is 36.6 Å².